The van der Waals surface area contributed by atoms with Gasteiger partial charge in [-0.05, 0) is 58.9 Å². The van der Waals surface area contributed by atoms with E-state index in [1.807, 2.05) is 12.1 Å². The van der Waals surface area contributed by atoms with Crippen molar-refractivity contribution in [1.29, 1.82) is 0 Å². The van der Waals surface area contributed by atoms with E-state index in [2.05, 4.69) is 31.1 Å². The summed E-state index contributed by atoms with van der Waals surface area (Å²) >= 11 is 0. The van der Waals surface area contributed by atoms with Gasteiger partial charge in [0.15, 0.2) is 0 Å². The average Bonchev–Trinajstić information content (AvgIpc) is 2.42. The Morgan fingerprint density at radius 1 is 1.21 bits per heavy atom. The van der Waals surface area contributed by atoms with E-state index in [4.69, 9.17) is 0 Å². The Morgan fingerprint density at radius 3 is 2.63 bits per heavy atom. The first-order chi connectivity index (χ1) is 9.16. The smallest absolute Gasteiger partial charge is 0.127 e. The molecular formula is C16H27FN2. The molecule has 0 amide bonds. The van der Waals surface area contributed by atoms with Crippen molar-refractivity contribution in [2.75, 3.05) is 26.7 Å². The first kappa shape index (κ1) is 16.1. The van der Waals surface area contributed by atoms with Crippen molar-refractivity contribution in [2.45, 2.75) is 39.2 Å². The van der Waals surface area contributed by atoms with E-state index in [1.54, 1.807) is 6.07 Å². The van der Waals surface area contributed by atoms with Gasteiger partial charge in [0, 0.05) is 11.6 Å². The van der Waals surface area contributed by atoms with E-state index in [1.165, 1.54) is 18.9 Å². The summed E-state index contributed by atoms with van der Waals surface area (Å²) in [7, 11) is 2.07. The highest BCUT2D eigenvalue weighted by Crippen LogP contribution is 2.21. The Kier molecular flexibility index (Phi) is 7.68. The second-order valence-corrected chi connectivity index (χ2v) is 5.14. The largest absolute Gasteiger partial charge is 0.317 e. The van der Waals surface area contributed by atoms with Gasteiger partial charge in [-0.3, -0.25) is 4.90 Å². The number of nitrogens with zero attached hydrogens (tertiary/aromatic N) is 1. The first-order valence-electron chi connectivity index (χ1n) is 7.32. The zero-order valence-corrected chi connectivity index (χ0v) is 12.5. The fourth-order valence-electron chi connectivity index (χ4n) is 2.16. The number of hydrogen-bond acceptors (Lipinski definition) is 2. The number of benzene rings is 1. The highest BCUT2D eigenvalue weighted by atomic mass is 19.1. The zero-order valence-electron chi connectivity index (χ0n) is 12.5. The summed E-state index contributed by atoms with van der Waals surface area (Å²) in [5, 5.41) is 3.40. The van der Waals surface area contributed by atoms with Gasteiger partial charge >= 0.3 is 0 Å². The lowest BCUT2D eigenvalue weighted by atomic mass is 10.1. The Morgan fingerprint density at radius 2 is 1.95 bits per heavy atom. The summed E-state index contributed by atoms with van der Waals surface area (Å²) in [5.74, 6) is -0.105. The van der Waals surface area contributed by atoms with E-state index >= 15 is 0 Å². The Bertz CT molecular complexity index is 354. The lowest BCUT2D eigenvalue weighted by Crippen LogP contribution is -2.25. The van der Waals surface area contributed by atoms with Crippen molar-refractivity contribution in [3.8, 4) is 0 Å². The second-order valence-electron chi connectivity index (χ2n) is 5.14. The van der Waals surface area contributed by atoms with Gasteiger partial charge < -0.3 is 5.32 Å². The highest BCUT2D eigenvalue weighted by molar-refractivity contribution is 5.20. The topological polar surface area (TPSA) is 15.3 Å². The Hall–Kier alpha value is -0.930. The number of hydrogen-bond donors (Lipinski definition) is 1. The molecule has 3 heteroatoms. The fourth-order valence-corrected chi connectivity index (χ4v) is 2.16. The molecule has 0 aliphatic heterocycles. The summed E-state index contributed by atoms with van der Waals surface area (Å²) in [4.78, 5) is 2.22. The summed E-state index contributed by atoms with van der Waals surface area (Å²) in [6.07, 6.45) is 3.50. The lowest BCUT2D eigenvalue weighted by Gasteiger charge is -2.25. The minimum atomic E-state index is -0.105. The van der Waals surface area contributed by atoms with Crippen molar-refractivity contribution in [3.63, 3.8) is 0 Å². The molecule has 0 saturated carbocycles. The molecule has 2 nitrogen and oxygen atoms in total. The predicted molar refractivity (Wildman–Crippen MR) is 79.8 cm³/mol. The third-order valence-corrected chi connectivity index (χ3v) is 3.56. The van der Waals surface area contributed by atoms with Crippen LogP contribution in [0.4, 0.5) is 4.39 Å². The van der Waals surface area contributed by atoms with Gasteiger partial charge in [-0.1, -0.05) is 25.1 Å². The standard InChI is InChI=1S/C16H27FN2/c1-4-11-18-12-7-8-13-19(3)14(2)15-9-5-6-10-16(15)17/h5-6,9-10,14,18H,4,7-8,11-13H2,1-3H3. The van der Waals surface area contributed by atoms with Crippen LogP contribution in [-0.2, 0) is 0 Å². The van der Waals surface area contributed by atoms with E-state index < -0.39 is 0 Å². The van der Waals surface area contributed by atoms with Gasteiger partial charge in [0.25, 0.3) is 0 Å². The second kappa shape index (κ2) is 9.05. The third-order valence-electron chi connectivity index (χ3n) is 3.56. The van der Waals surface area contributed by atoms with E-state index in [0.29, 0.717) is 0 Å². The molecule has 0 aliphatic rings. The van der Waals surface area contributed by atoms with Crippen LogP contribution >= 0.6 is 0 Å². The molecule has 0 bridgehead atoms. The van der Waals surface area contributed by atoms with E-state index in [-0.39, 0.29) is 11.9 Å². The van der Waals surface area contributed by atoms with Crippen LogP contribution in [0.5, 0.6) is 0 Å². The van der Waals surface area contributed by atoms with Crippen LogP contribution in [0.1, 0.15) is 44.7 Å². The molecule has 0 aliphatic carbocycles. The summed E-state index contributed by atoms with van der Waals surface area (Å²) in [6.45, 7) is 7.42. The Balaban J connectivity index is 2.29. The van der Waals surface area contributed by atoms with Gasteiger partial charge in [0.2, 0.25) is 0 Å². The van der Waals surface area contributed by atoms with Crippen LogP contribution in [0.3, 0.4) is 0 Å². The van der Waals surface area contributed by atoms with Crippen molar-refractivity contribution in [3.05, 3.63) is 35.6 Å². The van der Waals surface area contributed by atoms with Crippen molar-refractivity contribution in [1.82, 2.24) is 10.2 Å². The SMILES string of the molecule is CCCNCCCCN(C)C(C)c1ccccc1F. The molecule has 1 unspecified atom stereocenters. The van der Waals surface area contributed by atoms with Gasteiger partial charge in [-0.2, -0.15) is 0 Å². The minimum Gasteiger partial charge on any atom is -0.317 e. The van der Waals surface area contributed by atoms with Gasteiger partial charge in [0.1, 0.15) is 5.82 Å². The van der Waals surface area contributed by atoms with Crippen LogP contribution in [0, 0.1) is 5.82 Å². The normalized spacial score (nSPS) is 12.9. The summed E-state index contributed by atoms with van der Waals surface area (Å²) in [6, 6.07) is 7.18. The maximum absolute atomic E-state index is 13.7. The van der Waals surface area contributed by atoms with Crippen LogP contribution in [0.25, 0.3) is 0 Å². The summed E-state index contributed by atoms with van der Waals surface area (Å²) < 4.78 is 13.7. The molecule has 1 atom stereocenters. The zero-order chi connectivity index (χ0) is 14.1. The Labute approximate surface area is 117 Å². The van der Waals surface area contributed by atoms with Gasteiger partial charge in [-0.25, -0.2) is 4.39 Å². The molecule has 108 valence electrons. The average molecular weight is 266 g/mol. The van der Waals surface area contributed by atoms with E-state index in [9.17, 15) is 4.39 Å². The lowest BCUT2D eigenvalue weighted by molar-refractivity contribution is 0.251. The number of rotatable bonds is 9. The molecular weight excluding hydrogens is 239 g/mol. The molecule has 1 N–H and O–H groups in total. The van der Waals surface area contributed by atoms with Crippen LogP contribution in [0.2, 0.25) is 0 Å². The minimum absolute atomic E-state index is 0.105. The molecule has 0 fully saturated rings. The maximum atomic E-state index is 13.7. The van der Waals surface area contributed by atoms with Crippen molar-refractivity contribution < 1.29 is 4.39 Å². The first-order valence-corrected chi connectivity index (χ1v) is 7.32. The van der Waals surface area contributed by atoms with Gasteiger partial charge in [0.05, 0.1) is 0 Å². The van der Waals surface area contributed by atoms with Crippen LogP contribution in [0.15, 0.2) is 24.3 Å². The molecule has 0 heterocycles. The van der Waals surface area contributed by atoms with E-state index in [0.717, 1.165) is 31.6 Å². The molecule has 1 aromatic rings. The highest BCUT2D eigenvalue weighted by Gasteiger charge is 2.14. The molecule has 0 aromatic heterocycles. The molecule has 0 saturated heterocycles. The van der Waals surface area contributed by atoms with Crippen LogP contribution < -0.4 is 5.32 Å². The number of unbranched alkanes of at least 4 members (excludes halogenated alkanes) is 1. The molecule has 0 spiro atoms. The molecule has 0 radical (unpaired) electrons. The quantitative estimate of drug-likeness (QED) is 0.687. The number of nitrogens with one attached hydrogen (secondary N) is 1. The fraction of sp³-hybridized carbons (Fsp3) is 0.625. The van der Waals surface area contributed by atoms with Crippen molar-refractivity contribution in [2.24, 2.45) is 0 Å². The van der Waals surface area contributed by atoms with Gasteiger partial charge in [-0.15, -0.1) is 0 Å². The monoisotopic (exact) mass is 266 g/mol. The molecule has 1 aromatic carbocycles. The maximum Gasteiger partial charge on any atom is 0.127 e. The number of halogens is 1. The van der Waals surface area contributed by atoms with Crippen LogP contribution in [-0.4, -0.2) is 31.6 Å². The van der Waals surface area contributed by atoms with Crippen molar-refractivity contribution >= 4 is 0 Å². The molecule has 19 heavy (non-hydrogen) atoms. The summed E-state index contributed by atoms with van der Waals surface area (Å²) in [5.41, 5.74) is 0.786. The molecule has 1 rings (SSSR count). The predicted octanol–water partition coefficient (Wildman–Crippen LogP) is 3.60. The third kappa shape index (κ3) is 5.70.